The largest absolute Gasteiger partial charge is 0.496 e. The number of rotatable bonds is 3. The van der Waals surface area contributed by atoms with Gasteiger partial charge in [-0.15, -0.1) is 0 Å². The zero-order chi connectivity index (χ0) is 14.3. The molecule has 0 spiro atoms. The second-order valence-corrected chi connectivity index (χ2v) is 6.32. The van der Waals surface area contributed by atoms with E-state index in [1.807, 2.05) is 45.9 Å². The van der Waals surface area contributed by atoms with Crippen molar-refractivity contribution >= 4 is 24.2 Å². The lowest BCUT2D eigenvalue weighted by Gasteiger charge is -2.32. The lowest BCUT2D eigenvalue weighted by atomic mass is 9.78. The first-order chi connectivity index (χ1) is 8.77. The quantitative estimate of drug-likeness (QED) is 0.864. The lowest BCUT2D eigenvalue weighted by molar-refractivity contribution is 0.00578. The number of hydrogen-bond acceptors (Lipinski definition) is 3. The highest BCUT2D eigenvalue weighted by atomic mass is 35.5. The molecule has 2 rings (SSSR count). The maximum Gasteiger partial charge on any atom is 0.496 e. The van der Waals surface area contributed by atoms with Crippen LogP contribution in [0.2, 0.25) is 5.02 Å². The zero-order valence-corrected chi connectivity index (χ0v) is 12.6. The molecule has 0 atom stereocenters. The predicted octanol–water partition coefficient (Wildman–Crippen LogP) is 2.17. The van der Waals surface area contributed by atoms with E-state index in [0.29, 0.717) is 11.4 Å². The second kappa shape index (κ2) is 5.10. The standard InChI is InChI=1S/C14H20BClO3/c1-13(2)14(3,4)19-15(18-13)11-6-5-10(7-8-17)9-12(11)16/h5-6,9,17H,7-8H2,1-4H3. The number of benzene rings is 1. The average Bonchev–Trinajstić information content (AvgIpc) is 2.48. The van der Waals surface area contributed by atoms with Crippen LogP contribution < -0.4 is 5.46 Å². The van der Waals surface area contributed by atoms with E-state index in [2.05, 4.69) is 0 Å². The Morgan fingerprint density at radius 2 is 1.74 bits per heavy atom. The normalized spacial score (nSPS) is 20.8. The molecule has 1 saturated heterocycles. The van der Waals surface area contributed by atoms with Gasteiger partial charge in [-0.05, 0) is 45.7 Å². The molecule has 1 heterocycles. The molecule has 0 saturated carbocycles. The molecule has 1 fully saturated rings. The van der Waals surface area contributed by atoms with Gasteiger partial charge in [0.05, 0.1) is 11.2 Å². The summed E-state index contributed by atoms with van der Waals surface area (Å²) in [5.74, 6) is 0. The van der Waals surface area contributed by atoms with Crippen molar-refractivity contribution in [1.82, 2.24) is 0 Å². The molecule has 0 radical (unpaired) electrons. The fourth-order valence-corrected chi connectivity index (χ4v) is 2.31. The minimum atomic E-state index is -0.444. The van der Waals surface area contributed by atoms with Crippen molar-refractivity contribution < 1.29 is 14.4 Å². The summed E-state index contributed by atoms with van der Waals surface area (Å²) in [6, 6.07) is 5.72. The first kappa shape index (κ1) is 14.9. The Balaban J connectivity index is 2.25. The van der Waals surface area contributed by atoms with Crippen molar-refractivity contribution in [1.29, 1.82) is 0 Å². The zero-order valence-electron chi connectivity index (χ0n) is 11.9. The van der Waals surface area contributed by atoms with Gasteiger partial charge in [-0.25, -0.2) is 0 Å². The van der Waals surface area contributed by atoms with Crippen molar-refractivity contribution in [3.8, 4) is 0 Å². The van der Waals surface area contributed by atoms with E-state index in [0.717, 1.165) is 11.0 Å². The van der Waals surface area contributed by atoms with E-state index >= 15 is 0 Å². The molecule has 19 heavy (non-hydrogen) atoms. The molecule has 0 unspecified atom stereocenters. The van der Waals surface area contributed by atoms with E-state index in [-0.39, 0.29) is 17.8 Å². The summed E-state index contributed by atoms with van der Waals surface area (Å²) in [4.78, 5) is 0. The van der Waals surface area contributed by atoms with Gasteiger partial charge in [-0.1, -0.05) is 23.7 Å². The van der Waals surface area contributed by atoms with Gasteiger partial charge in [0.2, 0.25) is 0 Å². The van der Waals surface area contributed by atoms with Crippen LogP contribution in [0.5, 0.6) is 0 Å². The molecule has 5 heteroatoms. The van der Waals surface area contributed by atoms with Crippen molar-refractivity contribution in [2.24, 2.45) is 0 Å². The van der Waals surface area contributed by atoms with Gasteiger partial charge in [-0.3, -0.25) is 0 Å². The Labute approximate surface area is 120 Å². The van der Waals surface area contributed by atoms with Crippen LogP contribution in [-0.4, -0.2) is 30.0 Å². The number of hydrogen-bond donors (Lipinski definition) is 1. The fraction of sp³-hybridized carbons (Fsp3) is 0.571. The van der Waals surface area contributed by atoms with Gasteiger partial charge in [0.25, 0.3) is 0 Å². The van der Waals surface area contributed by atoms with Crippen molar-refractivity contribution in [2.45, 2.75) is 45.3 Å². The topological polar surface area (TPSA) is 38.7 Å². The molecule has 104 valence electrons. The summed E-state index contributed by atoms with van der Waals surface area (Å²) in [5, 5.41) is 9.55. The smallest absolute Gasteiger partial charge is 0.399 e. The predicted molar refractivity (Wildman–Crippen MR) is 78.0 cm³/mol. The van der Waals surface area contributed by atoms with Gasteiger partial charge >= 0.3 is 7.12 Å². The van der Waals surface area contributed by atoms with Crippen molar-refractivity contribution in [2.75, 3.05) is 6.61 Å². The third-order valence-corrected chi connectivity index (χ3v) is 4.30. The minimum absolute atomic E-state index is 0.117. The molecule has 1 aliphatic heterocycles. The van der Waals surface area contributed by atoms with E-state index in [4.69, 9.17) is 26.0 Å². The number of halogens is 1. The molecular weight excluding hydrogens is 262 g/mol. The Kier molecular flexibility index (Phi) is 3.98. The molecule has 1 aromatic rings. The van der Waals surface area contributed by atoms with Crippen molar-refractivity contribution in [3.63, 3.8) is 0 Å². The van der Waals surface area contributed by atoms with Gasteiger partial charge in [0.1, 0.15) is 0 Å². The SMILES string of the molecule is CC1(C)OB(c2ccc(CCO)cc2Cl)OC1(C)C. The summed E-state index contributed by atoms with van der Waals surface area (Å²) in [7, 11) is -0.444. The molecule has 0 bridgehead atoms. The Bertz CT molecular complexity index is 458. The molecule has 3 nitrogen and oxygen atoms in total. The monoisotopic (exact) mass is 282 g/mol. The third kappa shape index (κ3) is 2.82. The van der Waals surface area contributed by atoms with Gasteiger partial charge in [0.15, 0.2) is 0 Å². The maximum atomic E-state index is 8.94. The van der Waals surface area contributed by atoms with Crippen LogP contribution in [-0.2, 0) is 15.7 Å². The van der Waals surface area contributed by atoms with Crippen LogP contribution in [0, 0.1) is 0 Å². The van der Waals surface area contributed by atoms with Gasteiger partial charge in [0, 0.05) is 17.1 Å². The van der Waals surface area contributed by atoms with Crippen LogP contribution in [0.3, 0.4) is 0 Å². The van der Waals surface area contributed by atoms with Crippen LogP contribution in [0.15, 0.2) is 18.2 Å². The highest BCUT2D eigenvalue weighted by Crippen LogP contribution is 2.37. The highest BCUT2D eigenvalue weighted by Gasteiger charge is 2.52. The van der Waals surface area contributed by atoms with Gasteiger partial charge in [-0.2, -0.15) is 0 Å². The number of aliphatic hydroxyl groups excluding tert-OH is 1. The molecule has 0 amide bonds. The van der Waals surface area contributed by atoms with E-state index in [9.17, 15) is 0 Å². The van der Waals surface area contributed by atoms with Gasteiger partial charge < -0.3 is 14.4 Å². The van der Waals surface area contributed by atoms with E-state index in [1.54, 1.807) is 0 Å². The van der Waals surface area contributed by atoms with Crippen molar-refractivity contribution in [3.05, 3.63) is 28.8 Å². The third-order valence-electron chi connectivity index (χ3n) is 3.97. The maximum absolute atomic E-state index is 8.94. The lowest BCUT2D eigenvalue weighted by Crippen LogP contribution is -2.41. The second-order valence-electron chi connectivity index (χ2n) is 5.92. The fourth-order valence-electron chi connectivity index (χ4n) is 2.02. The molecule has 0 aliphatic carbocycles. The Morgan fingerprint density at radius 1 is 1.16 bits per heavy atom. The van der Waals surface area contributed by atoms with Crippen LogP contribution >= 0.6 is 11.6 Å². The molecule has 1 N–H and O–H groups in total. The summed E-state index contributed by atoms with van der Waals surface area (Å²) < 4.78 is 11.9. The highest BCUT2D eigenvalue weighted by molar-refractivity contribution is 6.65. The summed E-state index contributed by atoms with van der Waals surface area (Å²) in [5.41, 5.74) is 1.10. The Morgan fingerprint density at radius 3 is 2.21 bits per heavy atom. The molecule has 0 aromatic heterocycles. The van der Waals surface area contributed by atoms with Crippen LogP contribution in [0.25, 0.3) is 0 Å². The Hall–Kier alpha value is -0.545. The number of aliphatic hydroxyl groups is 1. The summed E-state index contributed by atoms with van der Waals surface area (Å²) in [6.45, 7) is 8.18. The first-order valence-corrected chi connectivity index (χ1v) is 6.89. The first-order valence-electron chi connectivity index (χ1n) is 6.52. The molecule has 1 aromatic carbocycles. The summed E-state index contributed by atoms with van der Waals surface area (Å²) in [6.07, 6.45) is 0.601. The van der Waals surface area contributed by atoms with Crippen LogP contribution in [0.4, 0.5) is 0 Å². The average molecular weight is 283 g/mol. The van der Waals surface area contributed by atoms with E-state index in [1.165, 1.54) is 0 Å². The van der Waals surface area contributed by atoms with E-state index < -0.39 is 7.12 Å². The molecule has 1 aliphatic rings. The minimum Gasteiger partial charge on any atom is -0.399 e. The van der Waals surface area contributed by atoms with Crippen LogP contribution in [0.1, 0.15) is 33.3 Å². The summed E-state index contributed by atoms with van der Waals surface area (Å²) >= 11 is 6.29. The molecular formula is C14H20BClO3.